The second-order valence-corrected chi connectivity index (χ2v) is 8.67. The minimum absolute atomic E-state index is 0.147. The summed E-state index contributed by atoms with van der Waals surface area (Å²) in [4.78, 5) is 9.18. The van der Waals surface area contributed by atoms with E-state index < -0.39 is 0 Å². The van der Waals surface area contributed by atoms with Crippen molar-refractivity contribution in [3.63, 3.8) is 0 Å². The summed E-state index contributed by atoms with van der Waals surface area (Å²) in [6.07, 6.45) is 3.02. The Morgan fingerprint density at radius 1 is 1.22 bits per heavy atom. The average Bonchev–Trinajstić information content (AvgIpc) is 2.60. The predicted molar refractivity (Wildman–Crippen MR) is 120 cm³/mol. The summed E-state index contributed by atoms with van der Waals surface area (Å²) < 4.78 is 0. The molecule has 0 aromatic heterocycles. The van der Waals surface area contributed by atoms with E-state index in [0.29, 0.717) is 5.92 Å². The number of halogens is 1. The average molecular weight is 384 g/mol. The van der Waals surface area contributed by atoms with Crippen LogP contribution < -0.4 is 9.80 Å². The van der Waals surface area contributed by atoms with Gasteiger partial charge in [0.2, 0.25) is 0 Å². The zero-order chi connectivity index (χ0) is 19.8. The van der Waals surface area contributed by atoms with E-state index in [4.69, 9.17) is 11.6 Å². The molecule has 0 bridgehead atoms. The third-order valence-electron chi connectivity index (χ3n) is 5.54. The lowest BCUT2D eigenvalue weighted by Gasteiger charge is -2.47. The molecule has 0 aliphatic carbocycles. The van der Waals surface area contributed by atoms with Crippen LogP contribution in [0.1, 0.15) is 51.2 Å². The number of benzene rings is 2. The zero-order valence-corrected chi connectivity index (χ0v) is 18.0. The summed E-state index contributed by atoms with van der Waals surface area (Å²) in [6, 6.07) is 12.5. The van der Waals surface area contributed by atoms with Crippen LogP contribution in [0.3, 0.4) is 0 Å². The van der Waals surface area contributed by atoms with Crippen molar-refractivity contribution in [1.82, 2.24) is 0 Å². The molecule has 1 aliphatic rings. The Labute approximate surface area is 168 Å². The normalized spacial score (nSPS) is 18.6. The Morgan fingerprint density at radius 3 is 2.48 bits per heavy atom. The van der Waals surface area contributed by atoms with Crippen molar-refractivity contribution >= 4 is 34.9 Å². The Bertz CT molecular complexity index is 837. The number of nitrogens with zero attached hydrogens (tertiary/aromatic N) is 3. The van der Waals surface area contributed by atoms with Gasteiger partial charge >= 0.3 is 0 Å². The van der Waals surface area contributed by atoms with Crippen LogP contribution in [-0.2, 0) is 0 Å². The van der Waals surface area contributed by atoms with Gasteiger partial charge in [0.05, 0.1) is 10.7 Å². The van der Waals surface area contributed by atoms with E-state index in [0.717, 1.165) is 34.9 Å². The van der Waals surface area contributed by atoms with Crippen LogP contribution in [0, 0.1) is 0 Å². The van der Waals surface area contributed by atoms with E-state index in [1.165, 1.54) is 11.3 Å². The molecule has 3 nitrogen and oxygen atoms in total. The molecule has 1 atom stereocenters. The molecule has 0 N–H and O–H groups in total. The van der Waals surface area contributed by atoms with Crippen LogP contribution in [0.4, 0.5) is 17.1 Å². The second-order valence-electron chi connectivity index (χ2n) is 8.26. The third-order valence-corrected chi connectivity index (χ3v) is 5.87. The van der Waals surface area contributed by atoms with Gasteiger partial charge in [-0.3, -0.25) is 4.99 Å². The fraction of sp³-hybridized carbons (Fsp3) is 0.435. The lowest BCUT2D eigenvalue weighted by molar-refractivity contribution is 0.381. The van der Waals surface area contributed by atoms with Gasteiger partial charge in [-0.15, -0.1) is 0 Å². The van der Waals surface area contributed by atoms with E-state index in [1.807, 2.05) is 32.4 Å². The van der Waals surface area contributed by atoms with Crippen molar-refractivity contribution in [3.05, 3.63) is 52.5 Å². The van der Waals surface area contributed by atoms with E-state index in [-0.39, 0.29) is 5.54 Å². The topological polar surface area (TPSA) is 18.8 Å². The predicted octanol–water partition coefficient (Wildman–Crippen LogP) is 6.27. The highest BCUT2D eigenvalue weighted by molar-refractivity contribution is 6.33. The standard InChI is InChI=1S/C23H30ClN3/c1-7-27-22-13-21(24)17(12-20(22)16(2)14-23(27,3)4)15-25-18-8-10-19(11-9-18)26(5)6/h8-13,15-16H,7,14H2,1-6H3. The van der Waals surface area contributed by atoms with Crippen molar-refractivity contribution in [2.24, 2.45) is 4.99 Å². The fourth-order valence-electron chi connectivity index (χ4n) is 4.20. The Morgan fingerprint density at radius 2 is 1.89 bits per heavy atom. The Hall–Kier alpha value is -2.00. The highest BCUT2D eigenvalue weighted by atomic mass is 35.5. The molecule has 0 saturated carbocycles. The molecule has 0 fully saturated rings. The highest BCUT2D eigenvalue weighted by Gasteiger charge is 2.35. The number of fused-ring (bicyclic) bond motifs is 1. The van der Waals surface area contributed by atoms with Crippen LogP contribution >= 0.6 is 11.6 Å². The van der Waals surface area contributed by atoms with Gasteiger partial charge in [-0.05, 0) is 75.1 Å². The number of aliphatic imine (C=N–C) groups is 1. The van der Waals surface area contributed by atoms with Gasteiger partial charge in [0.15, 0.2) is 0 Å². The first-order valence-electron chi connectivity index (χ1n) is 9.65. The van der Waals surface area contributed by atoms with E-state index in [2.05, 4.69) is 66.8 Å². The third kappa shape index (κ3) is 3.98. The lowest BCUT2D eigenvalue weighted by Crippen LogP contribution is -2.48. The molecular formula is C23H30ClN3. The van der Waals surface area contributed by atoms with Crippen LogP contribution in [-0.4, -0.2) is 32.4 Å². The highest BCUT2D eigenvalue weighted by Crippen LogP contribution is 2.44. The summed E-state index contributed by atoms with van der Waals surface area (Å²) in [5.74, 6) is 0.501. The van der Waals surface area contributed by atoms with Gasteiger partial charge in [0.25, 0.3) is 0 Å². The lowest BCUT2D eigenvalue weighted by atomic mass is 9.79. The van der Waals surface area contributed by atoms with Gasteiger partial charge in [-0.2, -0.15) is 0 Å². The number of anilines is 2. The SMILES string of the molecule is CCN1c2cc(Cl)c(C=Nc3ccc(N(C)C)cc3)cc2C(C)CC1(C)C. The molecule has 0 amide bonds. The first kappa shape index (κ1) is 19.8. The summed E-state index contributed by atoms with van der Waals surface area (Å²) >= 11 is 6.63. The molecule has 0 spiro atoms. The molecule has 2 aromatic carbocycles. The molecule has 1 aliphatic heterocycles. The summed E-state index contributed by atoms with van der Waals surface area (Å²) in [6.45, 7) is 10.1. The first-order chi connectivity index (χ1) is 12.7. The molecule has 2 aromatic rings. The monoisotopic (exact) mass is 383 g/mol. The molecule has 144 valence electrons. The molecule has 0 saturated heterocycles. The molecule has 0 radical (unpaired) electrons. The summed E-state index contributed by atoms with van der Waals surface area (Å²) in [5, 5.41) is 0.755. The second kappa shape index (κ2) is 7.55. The van der Waals surface area contributed by atoms with Gasteiger partial charge in [-0.1, -0.05) is 18.5 Å². The molecule has 3 rings (SSSR count). The molecule has 27 heavy (non-hydrogen) atoms. The molecule has 1 heterocycles. The first-order valence-corrected chi connectivity index (χ1v) is 10.0. The maximum atomic E-state index is 6.63. The minimum atomic E-state index is 0.147. The van der Waals surface area contributed by atoms with Crippen molar-refractivity contribution in [3.8, 4) is 0 Å². The van der Waals surface area contributed by atoms with E-state index in [1.54, 1.807) is 0 Å². The summed E-state index contributed by atoms with van der Waals surface area (Å²) in [7, 11) is 4.07. The van der Waals surface area contributed by atoms with Crippen LogP contribution in [0.2, 0.25) is 5.02 Å². The zero-order valence-electron chi connectivity index (χ0n) is 17.3. The van der Waals surface area contributed by atoms with Crippen LogP contribution in [0.5, 0.6) is 0 Å². The summed E-state index contributed by atoms with van der Waals surface area (Å²) in [5.41, 5.74) is 5.85. The van der Waals surface area contributed by atoms with Crippen molar-refractivity contribution in [2.75, 3.05) is 30.4 Å². The van der Waals surface area contributed by atoms with E-state index >= 15 is 0 Å². The molecule has 4 heteroatoms. The maximum Gasteiger partial charge on any atom is 0.0631 e. The van der Waals surface area contributed by atoms with Gasteiger partial charge < -0.3 is 9.80 Å². The minimum Gasteiger partial charge on any atom is -0.378 e. The molecule has 1 unspecified atom stereocenters. The fourth-order valence-corrected chi connectivity index (χ4v) is 4.41. The van der Waals surface area contributed by atoms with Gasteiger partial charge in [0, 0.05) is 49.3 Å². The largest absolute Gasteiger partial charge is 0.378 e. The van der Waals surface area contributed by atoms with Gasteiger partial charge in [-0.25, -0.2) is 0 Å². The Kier molecular flexibility index (Phi) is 5.53. The van der Waals surface area contributed by atoms with Crippen LogP contribution in [0.25, 0.3) is 0 Å². The van der Waals surface area contributed by atoms with Crippen molar-refractivity contribution < 1.29 is 0 Å². The van der Waals surface area contributed by atoms with Crippen molar-refractivity contribution in [2.45, 2.75) is 45.6 Å². The smallest absolute Gasteiger partial charge is 0.0631 e. The quantitative estimate of drug-likeness (QED) is 0.579. The maximum absolute atomic E-state index is 6.63. The number of hydrogen-bond acceptors (Lipinski definition) is 3. The Balaban J connectivity index is 1.93. The number of hydrogen-bond donors (Lipinski definition) is 0. The van der Waals surface area contributed by atoms with Crippen LogP contribution in [0.15, 0.2) is 41.4 Å². The molecular weight excluding hydrogens is 354 g/mol. The van der Waals surface area contributed by atoms with E-state index in [9.17, 15) is 0 Å². The van der Waals surface area contributed by atoms with Crippen molar-refractivity contribution in [1.29, 1.82) is 0 Å². The van der Waals surface area contributed by atoms with Gasteiger partial charge in [0.1, 0.15) is 0 Å². The number of rotatable bonds is 4.